The van der Waals surface area contributed by atoms with Gasteiger partial charge in [0.25, 0.3) is 0 Å². The van der Waals surface area contributed by atoms with Crippen molar-refractivity contribution in [1.82, 2.24) is 0 Å². The van der Waals surface area contributed by atoms with Crippen LogP contribution < -0.4 is 0 Å². The highest BCUT2D eigenvalue weighted by atomic mass is 16.6. The lowest BCUT2D eigenvalue weighted by Gasteiger charge is -2.05. The van der Waals surface area contributed by atoms with E-state index < -0.39 is 0 Å². The molecule has 0 aromatic carbocycles. The van der Waals surface area contributed by atoms with Gasteiger partial charge in [0.1, 0.15) is 6.61 Å². The van der Waals surface area contributed by atoms with Crippen LogP contribution >= 0.6 is 0 Å². The summed E-state index contributed by atoms with van der Waals surface area (Å²) in [6.45, 7) is 11.8. The van der Waals surface area contributed by atoms with Crippen molar-refractivity contribution in [3.8, 4) is 0 Å². The van der Waals surface area contributed by atoms with Gasteiger partial charge in [-0.25, -0.2) is 4.79 Å². The van der Waals surface area contributed by atoms with E-state index in [9.17, 15) is 4.79 Å². The van der Waals surface area contributed by atoms with Crippen molar-refractivity contribution in [2.75, 3.05) is 19.8 Å². The van der Waals surface area contributed by atoms with Crippen LogP contribution in [-0.4, -0.2) is 25.8 Å². The van der Waals surface area contributed by atoms with E-state index in [1.165, 1.54) is 0 Å². The van der Waals surface area contributed by atoms with Gasteiger partial charge in [0.15, 0.2) is 0 Å². The van der Waals surface area contributed by atoms with Gasteiger partial charge < -0.3 is 9.47 Å². The highest BCUT2D eigenvalue weighted by molar-refractivity contribution is 5.86. The van der Waals surface area contributed by atoms with Crippen LogP contribution in [0.25, 0.3) is 0 Å². The molecule has 0 spiro atoms. The van der Waals surface area contributed by atoms with Crippen molar-refractivity contribution in [3.63, 3.8) is 0 Å². The fraction of sp³-hybridized carbons (Fsp3) is 0.500. The summed E-state index contributed by atoms with van der Waals surface area (Å²) in [7, 11) is 0. The summed E-state index contributed by atoms with van der Waals surface area (Å²) < 4.78 is 9.91. The third kappa shape index (κ3) is 7.28. The highest BCUT2D eigenvalue weighted by Gasteiger charge is 2.01. The predicted molar refractivity (Wildman–Crippen MR) is 51.4 cm³/mol. The summed E-state index contributed by atoms with van der Waals surface area (Å²) in [6, 6.07) is 0. The fourth-order valence-corrected chi connectivity index (χ4v) is 0.563. The first kappa shape index (κ1) is 11.9. The van der Waals surface area contributed by atoms with Crippen LogP contribution in [-0.2, 0) is 14.3 Å². The van der Waals surface area contributed by atoms with Crippen LogP contribution in [0.2, 0.25) is 0 Å². The zero-order chi connectivity index (χ0) is 10.3. The quantitative estimate of drug-likeness (QED) is 0.273. The van der Waals surface area contributed by atoms with Gasteiger partial charge in [-0.05, 0) is 13.8 Å². The Kier molecular flexibility index (Phi) is 5.89. The fourth-order valence-electron chi connectivity index (χ4n) is 0.563. The molecule has 0 aliphatic carbocycles. The minimum atomic E-state index is -0.376. The number of ether oxygens (including phenoxy) is 2. The Hall–Kier alpha value is -1.09. The maximum Gasteiger partial charge on any atom is 0.333 e. The minimum Gasteiger partial charge on any atom is -0.460 e. The zero-order valence-electron chi connectivity index (χ0n) is 8.26. The first-order valence-corrected chi connectivity index (χ1v) is 4.08. The molecule has 0 radical (unpaired) electrons. The van der Waals surface area contributed by atoms with Crippen molar-refractivity contribution in [3.05, 3.63) is 24.3 Å². The van der Waals surface area contributed by atoms with E-state index in [-0.39, 0.29) is 12.6 Å². The lowest BCUT2D eigenvalue weighted by atomic mass is 10.4. The molecule has 0 unspecified atom stereocenters. The number of carbonyl (C=O) groups is 1. The predicted octanol–water partition coefficient (Wildman–Crippen LogP) is 1.70. The van der Waals surface area contributed by atoms with E-state index in [4.69, 9.17) is 9.47 Å². The second kappa shape index (κ2) is 6.43. The first-order valence-electron chi connectivity index (χ1n) is 4.08. The normalized spacial score (nSPS) is 9.38. The Morgan fingerprint density at radius 2 is 1.85 bits per heavy atom. The molecule has 0 saturated carbocycles. The zero-order valence-corrected chi connectivity index (χ0v) is 8.26. The second-order valence-corrected chi connectivity index (χ2v) is 2.93. The summed E-state index contributed by atoms with van der Waals surface area (Å²) in [4.78, 5) is 10.8. The second-order valence-electron chi connectivity index (χ2n) is 2.93. The van der Waals surface area contributed by atoms with Crippen molar-refractivity contribution in [2.24, 2.45) is 0 Å². The molecule has 0 aromatic rings. The maximum absolute atomic E-state index is 10.8. The summed E-state index contributed by atoms with van der Waals surface area (Å²) >= 11 is 0. The molecular formula is C10H16O3. The Labute approximate surface area is 79.0 Å². The Morgan fingerprint density at radius 1 is 1.23 bits per heavy atom. The van der Waals surface area contributed by atoms with Gasteiger partial charge in [0.2, 0.25) is 0 Å². The van der Waals surface area contributed by atoms with Crippen molar-refractivity contribution in [1.29, 1.82) is 0 Å². The van der Waals surface area contributed by atoms with Crippen molar-refractivity contribution >= 4 is 5.97 Å². The summed E-state index contributed by atoms with van der Waals surface area (Å²) in [6.07, 6.45) is 0. The monoisotopic (exact) mass is 184 g/mol. The number of hydrogen-bond acceptors (Lipinski definition) is 3. The van der Waals surface area contributed by atoms with E-state index in [2.05, 4.69) is 13.2 Å². The Bertz CT molecular complexity index is 206. The smallest absolute Gasteiger partial charge is 0.333 e. The molecule has 3 nitrogen and oxygen atoms in total. The molecule has 0 aliphatic rings. The highest BCUT2D eigenvalue weighted by Crippen LogP contribution is 1.92. The molecule has 0 amide bonds. The topological polar surface area (TPSA) is 35.5 Å². The van der Waals surface area contributed by atoms with E-state index in [0.717, 1.165) is 5.57 Å². The van der Waals surface area contributed by atoms with E-state index in [1.807, 2.05) is 6.92 Å². The van der Waals surface area contributed by atoms with Crippen LogP contribution in [0.15, 0.2) is 24.3 Å². The number of esters is 1. The van der Waals surface area contributed by atoms with E-state index in [1.54, 1.807) is 6.92 Å². The van der Waals surface area contributed by atoms with Gasteiger partial charge in [-0.15, -0.1) is 0 Å². The lowest BCUT2D eigenvalue weighted by molar-refractivity contribution is -0.140. The molecule has 0 fully saturated rings. The van der Waals surface area contributed by atoms with Crippen LogP contribution in [0.4, 0.5) is 0 Å². The molecular weight excluding hydrogens is 168 g/mol. The largest absolute Gasteiger partial charge is 0.460 e. The molecule has 0 heterocycles. The molecule has 0 aliphatic heterocycles. The Morgan fingerprint density at radius 3 is 2.31 bits per heavy atom. The molecule has 0 atom stereocenters. The molecule has 13 heavy (non-hydrogen) atoms. The summed E-state index contributed by atoms with van der Waals surface area (Å²) in [5.41, 5.74) is 1.35. The summed E-state index contributed by atoms with van der Waals surface area (Å²) in [5.74, 6) is -0.376. The van der Waals surface area contributed by atoms with Gasteiger partial charge in [0, 0.05) is 5.57 Å². The van der Waals surface area contributed by atoms with Gasteiger partial charge in [-0.3, -0.25) is 0 Å². The lowest BCUT2D eigenvalue weighted by Crippen LogP contribution is -2.11. The molecule has 74 valence electrons. The van der Waals surface area contributed by atoms with Gasteiger partial charge in [-0.2, -0.15) is 0 Å². The van der Waals surface area contributed by atoms with E-state index in [0.29, 0.717) is 18.8 Å². The van der Waals surface area contributed by atoms with Crippen LogP contribution in [0.3, 0.4) is 0 Å². The van der Waals surface area contributed by atoms with Crippen molar-refractivity contribution < 1.29 is 14.3 Å². The van der Waals surface area contributed by atoms with E-state index >= 15 is 0 Å². The van der Waals surface area contributed by atoms with Crippen LogP contribution in [0.1, 0.15) is 13.8 Å². The van der Waals surface area contributed by atoms with Gasteiger partial charge in [0.05, 0.1) is 13.2 Å². The van der Waals surface area contributed by atoms with Gasteiger partial charge >= 0.3 is 5.97 Å². The van der Waals surface area contributed by atoms with Crippen molar-refractivity contribution in [2.45, 2.75) is 13.8 Å². The number of rotatable bonds is 6. The SMILES string of the molecule is C=C(C)COCCOC(=O)C(=C)C. The average molecular weight is 184 g/mol. The average Bonchev–Trinajstić information content (AvgIpc) is 2.02. The molecule has 0 saturated heterocycles. The summed E-state index contributed by atoms with van der Waals surface area (Å²) in [5, 5.41) is 0. The maximum atomic E-state index is 10.8. The third-order valence-corrected chi connectivity index (χ3v) is 1.16. The molecule has 3 heteroatoms. The molecule has 0 N–H and O–H groups in total. The third-order valence-electron chi connectivity index (χ3n) is 1.16. The Balaban J connectivity index is 3.31. The minimum absolute atomic E-state index is 0.263. The van der Waals surface area contributed by atoms with Crippen LogP contribution in [0.5, 0.6) is 0 Å². The molecule has 0 rings (SSSR count). The first-order chi connectivity index (χ1) is 6.04. The standard InChI is InChI=1S/C10H16O3/c1-8(2)7-12-5-6-13-10(11)9(3)4/h1,3,5-7H2,2,4H3. The van der Waals surface area contributed by atoms with Crippen LogP contribution in [0, 0.1) is 0 Å². The number of hydrogen-bond donors (Lipinski definition) is 0. The van der Waals surface area contributed by atoms with Gasteiger partial charge in [-0.1, -0.05) is 18.7 Å². The molecule has 0 bridgehead atoms. The molecule has 0 aromatic heterocycles. The number of carbonyl (C=O) groups excluding carboxylic acids is 1.